The molecule has 1 saturated heterocycles. The van der Waals surface area contributed by atoms with Gasteiger partial charge >= 0.3 is 0 Å². The second-order valence-electron chi connectivity index (χ2n) is 7.98. The topological polar surface area (TPSA) is 73.9 Å². The molecule has 1 aliphatic rings. The summed E-state index contributed by atoms with van der Waals surface area (Å²) in [5, 5.41) is 14.4. The van der Waals surface area contributed by atoms with Crippen molar-refractivity contribution in [3.05, 3.63) is 65.7 Å². The predicted molar refractivity (Wildman–Crippen MR) is 117 cm³/mol. The molecule has 0 spiro atoms. The Morgan fingerprint density at radius 2 is 2.00 bits per heavy atom. The summed E-state index contributed by atoms with van der Waals surface area (Å²) in [6, 6.07) is 14.0. The summed E-state index contributed by atoms with van der Waals surface area (Å²) in [5.74, 6) is 0.383. The number of nitrogens with one attached hydrogen (secondary N) is 1. The summed E-state index contributed by atoms with van der Waals surface area (Å²) in [6.07, 6.45) is 5.96. The molecule has 1 aromatic carbocycles. The molecule has 1 fully saturated rings. The van der Waals surface area contributed by atoms with Crippen LogP contribution in [0.15, 0.2) is 48.8 Å². The van der Waals surface area contributed by atoms with Gasteiger partial charge in [-0.2, -0.15) is 5.26 Å². The average Bonchev–Trinajstić information content (AvgIpc) is 3.20. The minimum atomic E-state index is -0.104. The second-order valence-corrected chi connectivity index (χ2v) is 7.98. The molecule has 0 atom stereocenters. The lowest BCUT2D eigenvalue weighted by Gasteiger charge is -2.31. The first-order chi connectivity index (χ1) is 14.7. The summed E-state index contributed by atoms with van der Waals surface area (Å²) in [5.41, 5.74) is 2.40. The Kier molecular flexibility index (Phi) is 6.10. The molecule has 6 heteroatoms. The standard InChI is InChI=1S/C24H27N5O/c1-2-29-17-19(11-22(29)13-25)16-28-9-7-18(8-10-28)14-27-24(30)23-12-20-5-3-4-6-21(20)15-26-23/h3-6,11-12,15,17-18H,2,7-10,14,16H2,1H3,(H,27,30). The number of nitriles is 1. The van der Waals surface area contributed by atoms with Crippen molar-refractivity contribution >= 4 is 16.7 Å². The van der Waals surface area contributed by atoms with E-state index in [2.05, 4.69) is 34.4 Å². The van der Waals surface area contributed by atoms with Crippen LogP contribution in [0.1, 0.15) is 41.5 Å². The number of benzene rings is 1. The third kappa shape index (κ3) is 4.52. The van der Waals surface area contributed by atoms with Gasteiger partial charge in [-0.3, -0.25) is 14.7 Å². The lowest BCUT2D eigenvalue weighted by Crippen LogP contribution is -2.38. The van der Waals surface area contributed by atoms with E-state index in [1.54, 1.807) is 6.20 Å². The van der Waals surface area contributed by atoms with Crippen molar-refractivity contribution in [2.75, 3.05) is 19.6 Å². The molecule has 4 rings (SSSR count). The molecule has 154 valence electrons. The van der Waals surface area contributed by atoms with Gasteiger partial charge in [0.1, 0.15) is 17.5 Å². The molecule has 0 aliphatic carbocycles. The third-order valence-electron chi connectivity index (χ3n) is 5.94. The number of hydrogen-bond acceptors (Lipinski definition) is 4. The van der Waals surface area contributed by atoms with Gasteiger partial charge in [0.25, 0.3) is 5.91 Å². The molecule has 0 saturated carbocycles. The molecule has 30 heavy (non-hydrogen) atoms. The Labute approximate surface area is 177 Å². The minimum absolute atomic E-state index is 0.104. The average molecular weight is 402 g/mol. The quantitative estimate of drug-likeness (QED) is 0.685. The Balaban J connectivity index is 1.26. The molecule has 6 nitrogen and oxygen atoms in total. The fourth-order valence-electron chi connectivity index (χ4n) is 4.15. The highest BCUT2D eigenvalue weighted by Gasteiger charge is 2.21. The number of piperidine rings is 1. The predicted octanol–water partition coefficient (Wildman–Crippen LogP) is 3.57. The van der Waals surface area contributed by atoms with Crippen molar-refractivity contribution in [1.82, 2.24) is 19.8 Å². The van der Waals surface area contributed by atoms with Gasteiger partial charge in [0.05, 0.1) is 0 Å². The van der Waals surface area contributed by atoms with Crippen LogP contribution in [0.3, 0.4) is 0 Å². The van der Waals surface area contributed by atoms with E-state index in [0.29, 0.717) is 18.2 Å². The van der Waals surface area contributed by atoms with Crippen LogP contribution in [-0.4, -0.2) is 40.0 Å². The SMILES string of the molecule is CCn1cc(CN2CCC(CNC(=O)c3cc4ccccc4cn3)CC2)cc1C#N. The fraction of sp³-hybridized carbons (Fsp3) is 0.375. The summed E-state index contributed by atoms with van der Waals surface area (Å²) in [6.45, 7) is 6.45. The van der Waals surface area contributed by atoms with Crippen LogP contribution in [0, 0.1) is 17.2 Å². The number of rotatable bonds is 6. The number of aryl methyl sites for hydroxylation is 1. The Bertz CT molecular complexity index is 1070. The van der Waals surface area contributed by atoms with Crippen molar-refractivity contribution in [3.8, 4) is 6.07 Å². The van der Waals surface area contributed by atoms with Crippen molar-refractivity contribution in [2.45, 2.75) is 32.9 Å². The number of hydrogen-bond donors (Lipinski definition) is 1. The largest absolute Gasteiger partial charge is 0.350 e. The molecular weight excluding hydrogens is 374 g/mol. The van der Waals surface area contributed by atoms with Gasteiger partial charge in [0.15, 0.2) is 0 Å². The van der Waals surface area contributed by atoms with Gasteiger partial charge < -0.3 is 9.88 Å². The molecule has 3 heterocycles. The summed E-state index contributed by atoms with van der Waals surface area (Å²) in [7, 11) is 0. The smallest absolute Gasteiger partial charge is 0.269 e. The lowest BCUT2D eigenvalue weighted by molar-refractivity contribution is 0.0930. The van der Waals surface area contributed by atoms with E-state index in [0.717, 1.165) is 55.5 Å². The number of pyridine rings is 1. The van der Waals surface area contributed by atoms with Crippen molar-refractivity contribution in [3.63, 3.8) is 0 Å². The number of nitrogens with zero attached hydrogens (tertiary/aromatic N) is 4. The number of fused-ring (bicyclic) bond motifs is 1. The van der Waals surface area contributed by atoms with Gasteiger partial charge in [-0.25, -0.2) is 0 Å². The molecule has 3 aromatic rings. The number of likely N-dealkylation sites (tertiary alicyclic amines) is 1. The molecule has 1 N–H and O–H groups in total. The Hall–Kier alpha value is -3.17. The van der Waals surface area contributed by atoms with E-state index in [4.69, 9.17) is 0 Å². The lowest BCUT2D eigenvalue weighted by atomic mass is 9.96. The van der Waals surface area contributed by atoms with Crippen molar-refractivity contribution in [2.24, 2.45) is 5.92 Å². The van der Waals surface area contributed by atoms with Gasteiger partial charge in [-0.15, -0.1) is 0 Å². The monoisotopic (exact) mass is 401 g/mol. The summed E-state index contributed by atoms with van der Waals surface area (Å²) >= 11 is 0. The molecule has 1 amide bonds. The van der Waals surface area contributed by atoms with Crippen LogP contribution in [0.5, 0.6) is 0 Å². The highest BCUT2D eigenvalue weighted by molar-refractivity contribution is 5.96. The first-order valence-electron chi connectivity index (χ1n) is 10.6. The van der Waals surface area contributed by atoms with Crippen molar-refractivity contribution in [1.29, 1.82) is 5.26 Å². The highest BCUT2D eigenvalue weighted by atomic mass is 16.1. The molecule has 1 aliphatic heterocycles. The van der Waals surface area contributed by atoms with Gasteiger partial charge in [0, 0.05) is 37.4 Å². The zero-order valence-electron chi connectivity index (χ0n) is 17.3. The first kappa shape index (κ1) is 20.1. The number of carbonyl (C=O) groups is 1. The zero-order valence-corrected chi connectivity index (χ0v) is 17.3. The van der Waals surface area contributed by atoms with E-state index in [-0.39, 0.29) is 5.91 Å². The van der Waals surface area contributed by atoms with Crippen LogP contribution >= 0.6 is 0 Å². The molecule has 2 aromatic heterocycles. The third-order valence-corrected chi connectivity index (χ3v) is 5.94. The van der Waals surface area contributed by atoms with Crippen LogP contribution in [0.25, 0.3) is 10.8 Å². The molecular formula is C24H27N5O. The van der Waals surface area contributed by atoms with Crippen molar-refractivity contribution < 1.29 is 4.79 Å². The summed E-state index contributed by atoms with van der Waals surface area (Å²) in [4.78, 5) is 19.3. The van der Waals surface area contributed by atoms with Gasteiger partial charge in [-0.05, 0) is 61.9 Å². The molecule has 0 bridgehead atoms. The van der Waals surface area contributed by atoms with E-state index < -0.39 is 0 Å². The van der Waals surface area contributed by atoms with E-state index in [9.17, 15) is 10.1 Å². The van der Waals surface area contributed by atoms with E-state index >= 15 is 0 Å². The van der Waals surface area contributed by atoms with Gasteiger partial charge in [0.2, 0.25) is 0 Å². The molecule has 0 radical (unpaired) electrons. The maximum atomic E-state index is 12.5. The number of carbonyl (C=O) groups excluding carboxylic acids is 1. The zero-order chi connectivity index (χ0) is 20.9. The summed E-state index contributed by atoms with van der Waals surface area (Å²) < 4.78 is 2.00. The molecule has 0 unspecified atom stereocenters. The van der Waals surface area contributed by atoms with Crippen LogP contribution in [0.4, 0.5) is 0 Å². The van der Waals surface area contributed by atoms with Crippen LogP contribution in [0.2, 0.25) is 0 Å². The second kappa shape index (κ2) is 9.10. The van der Waals surface area contributed by atoms with Gasteiger partial charge in [-0.1, -0.05) is 24.3 Å². The maximum Gasteiger partial charge on any atom is 0.269 e. The Morgan fingerprint density at radius 3 is 2.70 bits per heavy atom. The van der Waals surface area contributed by atoms with E-state index in [1.165, 1.54) is 5.56 Å². The minimum Gasteiger partial charge on any atom is -0.350 e. The highest BCUT2D eigenvalue weighted by Crippen LogP contribution is 2.20. The normalized spacial score (nSPS) is 15.2. The van der Waals surface area contributed by atoms with Crippen LogP contribution in [-0.2, 0) is 13.1 Å². The van der Waals surface area contributed by atoms with E-state index in [1.807, 2.05) is 41.0 Å². The fourth-order valence-corrected chi connectivity index (χ4v) is 4.15. The number of amides is 1. The Morgan fingerprint density at radius 1 is 1.23 bits per heavy atom. The maximum absolute atomic E-state index is 12.5. The number of aromatic nitrogens is 2. The first-order valence-corrected chi connectivity index (χ1v) is 10.6. The van der Waals surface area contributed by atoms with Crippen LogP contribution < -0.4 is 5.32 Å².